The Labute approximate surface area is 107 Å². The van der Waals surface area contributed by atoms with Crippen molar-refractivity contribution in [1.29, 1.82) is 0 Å². The van der Waals surface area contributed by atoms with E-state index < -0.39 is 0 Å². The highest BCUT2D eigenvalue weighted by Gasteiger charge is 2.18. The van der Waals surface area contributed by atoms with E-state index in [1.165, 1.54) is 0 Å². The first-order valence-corrected chi connectivity index (χ1v) is 6.17. The summed E-state index contributed by atoms with van der Waals surface area (Å²) in [5, 5.41) is 0.561. The third-order valence-corrected chi connectivity index (χ3v) is 3.08. The third-order valence-electron chi connectivity index (χ3n) is 2.41. The Morgan fingerprint density at radius 1 is 1.31 bits per heavy atom. The van der Waals surface area contributed by atoms with Crippen molar-refractivity contribution < 1.29 is 9.53 Å². The number of hydrogen-bond acceptors (Lipinski definition) is 2. The van der Waals surface area contributed by atoms with Gasteiger partial charge in [0.15, 0.2) is 0 Å². The van der Waals surface area contributed by atoms with E-state index in [4.69, 9.17) is 16.3 Å². The maximum atomic E-state index is 12.1. The maximum Gasteiger partial charge on any atom is 0.254 e. The summed E-state index contributed by atoms with van der Waals surface area (Å²) in [5.41, 5.74) is 0.612. The zero-order valence-electron chi connectivity index (χ0n) is 8.58. The van der Waals surface area contributed by atoms with Gasteiger partial charge in [0.05, 0.1) is 13.2 Å². The summed E-state index contributed by atoms with van der Waals surface area (Å²) >= 11 is 9.23. The number of hydrogen-bond donors (Lipinski definition) is 0. The highest BCUT2D eigenvalue weighted by molar-refractivity contribution is 9.10. The topological polar surface area (TPSA) is 29.5 Å². The van der Waals surface area contributed by atoms with Crippen molar-refractivity contribution in [2.45, 2.75) is 0 Å². The van der Waals surface area contributed by atoms with Gasteiger partial charge in [0.1, 0.15) is 0 Å². The van der Waals surface area contributed by atoms with Gasteiger partial charge in [-0.15, -0.1) is 0 Å². The van der Waals surface area contributed by atoms with Crippen molar-refractivity contribution in [1.82, 2.24) is 4.90 Å². The molecule has 16 heavy (non-hydrogen) atoms. The standard InChI is InChI=1S/C11H11BrClNO2/c12-9-5-8(6-10(13)7-9)11(15)14-1-3-16-4-2-14/h5-7H,1-4H2. The summed E-state index contributed by atoms with van der Waals surface area (Å²) in [4.78, 5) is 13.9. The fourth-order valence-corrected chi connectivity index (χ4v) is 2.49. The van der Waals surface area contributed by atoms with Gasteiger partial charge in [0, 0.05) is 28.1 Å². The van der Waals surface area contributed by atoms with Crippen LogP contribution < -0.4 is 0 Å². The van der Waals surface area contributed by atoms with Crippen LogP contribution in [0.25, 0.3) is 0 Å². The largest absolute Gasteiger partial charge is 0.378 e. The van der Waals surface area contributed by atoms with Crippen LogP contribution in [0, 0.1) is 0 Å². The predicted octanol–water partition coefficient (Wildman–Crippen LogP) is 2.57. The highest BCUT2D eigenvalue weighted by atomic mass is 79.9. The van der Waals surface area contributed by atoms with E-state index in [2.05, 4.69) is 15.9 Å². The van der Waals surface area contributed by atoms with Crippen LogP contribution in [-0.2, 0) is 4.74 Å². The number of carbonyl (C=O) groups excluding carboxylic acids is 1. The SMILES string of the molecule is O=C(c1cc(Cl)cc(Br)c1)N1CCOCC1. The molecule has 1 aromatic rings. The van der Waals surface area contributed by atoms with E-state index in [0.29, 0.717) is 36.9 Å². The molecule has 1 fully saturated rings. The molecule has 3 nitrogen and oxygen atoms in total. The van der Waals surface area contributed by atoms with Crippen molar-refractivity contribution in [3.05, 3.63) is 33.3 Å². The normalized spacial score (nSPS) is 16.2. The lowest BCUT2D eigenvalue weighted by Crippen LogP contribution is -2.40. The van der Waals surface area contributed by atoms with Gasteiger partial charge in [-0.1, -0.05) is 27.5 Å². The van der Waals surface area contributed by atoms with Gasteiger partial charge >= 0.3 is 0 Å². The summed E-state index contributed by atoms with van der Waals surface area (Å²) in [7, 11) is 0. The van der Waals surface area contributed by atoms with Crippen molar-refractivity contribution >= 4 is 33.4 Å². The van der Waals surface area contributed by atoms with Crippen LogP contribution in [0.4, 0.5) is 0 Å². The number of rotatable bonds is 1. The number of carbonyl (C=O) groups is 1. The molecule has 1 aliphatic heterocycles. The Hall–Kier alpha value is -0.580. The van der Waals surface area contributed by atoms with Crippen LogP contribution in [0.2, 0.25) is 5.02 Å². The molecule has 0 unspecified atom stereocenters. The molecule has 0 radical (unpaired) electrons. The Morgan fingerprint density at radius 3 is 2.62 bits per heavy atom. The zero-order chi connectivity index (χ0) is 11.5. The van der Waals surface area contributed by atoms with E-state index in [1.54, 1.807) is 23.1 Å². The average Bonchev–Trinajstić information content (AvgIpc) is 2.28. The monoisotopic (exact) mass is 303 g/mol. The van der Waals surface area contributed by atoms with Crippen molar-refractivity contribution in [2.24, 2.45) is 0 Å². The number of ether oxygens (including phenoxy) is 1. The first-order chi connectivity index (χ1) is 7.66. The number of benzene rings is 1. The molecule has 86 valence electrons. The smallest absolute Gasteiger partial charge is 0.254 e. The lowest BCUT2D eigenvalue weighted by Gasteiger charge is -2.26. The number of amides is 1. The van der Waals surface area contributed by atoms with Crippen LogP contribution in [-0.4, -0.2) is 37.1 Å². The number of morpholine rings is 1. The van der Waals surface area contributed by atoms with E-state index in [9.17, 15) is 4.79 Å². The molecule has 0 N–H and O–H groups in total. The van der Waals surface area contributed by atoms with Crippen LogP contribution in [0.3, 0.4) is 0 Å². The second kappa shape index (κ2) is 5.17. The van der Waals surface area contributed by atoms with E-state index in [1.807, 2.05) is 0 Å². The minimum atomic E-state index is 0.00602. The second-order valence-corrected chi connectivity index (χ2v) is 4.91. The molecule has 1 heterocycles. The molecule has 0 spiro atoms. The molecule has 2 rings (SSSR count). The first-order valence-electron chi connectivity index (χ1n) is 5.00. The summed E-state index contributed by atoms with van der Waals surface area (Å²) in [5.74, 6) is 0.00602. The van der Waals surface area contributed by atoms with E-state index in [0.717, 1.165) is 4.47 Å². The molecule has 0 aliphatic carbocycles. The van der Waals surface area contributed by atoms with Gasteiger partial charge in [-0.05, 0) is 18.2 Å². The molecule has 0 saturated carbocycles. The van der Waals surface area contributed by atoms with Gasteiger partial charge in [-0.3, -0.25) is 4.79 Å². The number of nitrogens with zero attached hydrogens (tertiary/aromatic N) is 1. The Morgan fingerprint density at radius 2 is 2.00 bits per heavy atom. The molecule has 5 heteroatoms. The Bertz CT molecular complexity index is 385. The van der Waals surface area contributed by atoms with E-state index >= 15 is 0 Å². The fraction of sp³-hybridized carbons (Fsp3) is 0.364. The van der Waals surface area contributed by atoms with Gasteiger partial charge in [0.2, 0.25) is 0 Å². The highest BCUT2D eigenvalue weighted by Crippen LogP contribution is 2.20. The maximum absolute atomic E-state index is 12.1. The van der Waals surface area contributed by atoms with Crippen LogP contribution in [0.5, 0.6) is 0 Å². The molecular weight excluding hydrogens is 293 g/mol. The average molecular weight is 305 g/mol. The first kappa shape index (κ1) is 11.9. The van der Waals surface area contributed by atoms with Crippen LogP contribution >= 0.6 is 27.5 Å². The fourth-order valence-electron chi connectivity index (χ4n) is 1.63. The zero-order valence-corrected chi connectivity index (χ0v) is 10.9. The summed E-state index contributed by atoms with van der Waals surface area (Å²) in [6.07, 6.45) is 0. The number of halogens is 2. The Kier molecular flexibility index (Phi) is 3.84. The molecule has 1 amide bonds. The van der Waals surface area contributed by atoms with Gasteiger partial charge in [0.25, 0.3) is 5.91 Å². The second-order valence-electron chi connectivity index (χ2n) is 3.56. The molecular formula is C11H11BrClNO2. The minimum absolute atomic E-state index is 0.00602. The Balaban J connectivity index is 2.19. The molecule has 0 aromatic heterocycles. The summed E-state index contributed by atoms with van der Waals surface area (Å²) in [6, 6.07) is 5.23. The summed E-state index contributed by atoms with van der Waals surface area (Å²) in [6.45, 7) is 2.49. The van der Waals surface area contributed by atoms with Gasteiger partial charge in [-0.25, -0.2) is 0 Å². The van der Waals surface area contributed by atoms with Gasteiger partial charge < -0.3 is 9.64 Å². The molecule has 0 atom stereocenters. The quantitative estimate of drug-likeness (QED) is 0.798. The minimum Gasteiger partial charge on any atom is -0.378 e. The molecule has 1 saturated heterocycles. The third kappa shape index (κ3) is 2.75. The molecule has 1 aliphatic rings. The molecule has 0 bridgehead atoms. The van der Waals surface area contributed by atoms with Gasteiger partial charge in [-0.2, -0.15) is 0 Å². The summed E-state index contributed by atoms with van der Waals surface area (Å²) < 4.78 is 6.02. The lowest BCUT2D eigenvalue weighted by atomic mass is 10.2. The van der Waals surface area contributed by atoms with Crippen molar-refractivity contribution in [2.75, 3.05) is 26.3 Å². The van der Waals surface area contributed by atoms with E-state index in [-0.39, 0.29) is 5.91 Å². The van der Waals surface area contributed by atoms with Crippen LogP contribution in [0.15, 0.2) is 22.7 Å². The molecule has 1 aromatic carbocycles. The van der Waals surface area contributed by atoms with Crippen molar-refractivity contribution in [3.8, 4) is 0 Å². The van der Waals surface area contributed by atoms with Crippen LogP contribution in [0.1, 0.15) is 10.4 Å². The van der Waals surface area contributed by atoms with Crippen molar-refractivity contribution in [3.63, 3.8) is 0 Å². The predicted molar refractivity (Wildman–Crippen MR) is 65.9 cm³/mol. The lowest BCUT2D eigenvalue weighted by molar-refractivity contribution is 0.0303.